The molecule has 0 aliphatic heterocycles. The van der Waals surface area contributed by atoms with Gasteiger partial charge in [-0.2, -0.15) is 0 Å². The van der Waals surface area contributed by atoms with Crippen LogP contribution in [-0.4, -0.2) is 12.5 Å². The van der Waals surface area contributed by atoms with Gasteiger partial charge in [-0.15, -0.1) is 11.3 Å². The predicted molar refractivity (Wildman–Crippen MR) is 44.3 cm³/mol. The van der Waals surface area contributed by atoms with E-state index in [4.69, 9.17) is 0 Å². The maximum absolute atomic E-state index is 10.5. The first-order chi connectivity index (χ1) is 5.74. The summed E-state index contributed by atoms with van der Waals surface area (Å²) in [6.07, 6.45) is 0.545. The van der Waals surface area contributed by atoms with Gasteiger partial charge in [0.2, 0.25) is 0 Å². The van der Waals surface area contributed by atoms with E-state index in [0.717, 1.165) is 4.88 Å². The van der Waals surface area contributed by atoms with E-state index in [1.165, 1.54) is 0 Å². The fraction of sp³-hybridized carbons (Fsp3) is 0.375. The van der Waals surface area contributed by atoms with Gasteiger partial charge in [-0.3, -0.25) is 0 Å². The van der Waals surface area contributed by atoms with Crippen LogP contribution in [0.15, 0.2) is 17.5 Å². The van der Waals surface area contributed by atoms with E-state index in [1.54, 1.807) is 11.3 Å². The average molecular weight is 185 g/mol. The first kappa shape index (κ1) is 9.22. The molecule has 0 aliphatic rings. The minimum Gasteiger partial charge on any atom is -0.550 e. The van der Waals surface area contributed by atoms with Gasteiger partial charge in [-0.25, -0.2) is 0 Å². The predicted octanol–water partition coefficient (Wildman–Crippen LogP) is -1.10. The third-order valence-electron chi connectivity index (χ3n) is 1.71. The van der Waals surface area contributed by atoms with E-state index in [9.17, 15) is 9.90 Å². The van der Waals surface area contributed by atoms with Crippen molar-refractivity contribution in [3.05, 3.63) is 22.4 Å². The second-order valence-corrected chi connectivity index (χ2v) is 3.62. The molecule has 0 unspecified atom stereocenters. The largest absolute Gasteiger partial charge is 0.550 e. The first-order valence-corrected chi connectivity index (χ1v) is 4.64. The fourth-order valence-corrected chi connectivity index (χ4v) is 1.76. The van der Waals surface area contributed by atoms with Crippen LogP contribution in [0.3, 0.4) is 0 Å². The summed E-state index contributed by atoms with van der Waals surface area (Å²) >= 11 is 1.57. The lowest BCUT2D eigenvalue weighted by Crippen LogP contribution is -2.57. The molecule has 0 spiro atoms. The number of hydrogen-bond donors (Lipinski definition) is 1. The van der Waals surface area contributed by atoms with Crippen molar-refractivity contribution in [3.8, 4) is 0 Å². The monoisotopic (exact) mass is 185 g/mol. The molecule has 1 aromatic rings. The van der Waals surface area contributed by atoms with Gasteiger partial charge >= 0.3 is 0 Å². The molecule has 0 amide bonds. The quantitative estimate of drug-likeness (QED) is 0.647. The van der Waals surface area contributed by atoms with Crippen molar-refractivity contribution >= 4 is 17.3 Å². The number of hydrogen-bond acceptors (Lipinski definition) is 3. The van der Waals surface area contributed by atoms with E-state index < -0.39 is 11.9 Å². The van der Waals surface area contributed by atoms with Crippen LogP contribution in [0.5, 0.6) is 0 Å². The number of thiophene rings is 1. The fourth-order valence-electron chi connectivity index (χ4n) is 0.975. The van der Waals surface area contributed by atoms with Gasteiger partial charge in [0.25, 0.3) is 0 Å². The lowest BCUT2D eigenvalue weighted by Gasteiger charge is -2.11. The second-order valence-electron chi connectivity index (χ2n) is 2.59. The molecule has 12 heavy (non-hydrogen) atoms. The Morgan fingerprint density at radius 3 is 2.92 bits per heavy atom. The highest BCUT2D eigenvalue weighted by Crippen LogP contribution is 2.13. The van der Waals surface area contributed by atoms with E-state index in [0.29, 0.717) is 13.0 Å². The van der Waals surface area contributed by atoms with E-state index in [1.807, 2.05) is 17.5 Å². The number of carboxylic acids is 1. The molecule has 1 rings (SSSR count). The number of carboxylic acid groups (broad SMARTS) is 1. The van der Waals surface area contributed by atoms with Crippen LogP contribution in [0.1, 0.15) is 4.88 Å². The minimum absolute atomic E-state index is 0.389. The van der Waals surface area contributed by atoms with E-state index in [2.05, 4.69) is 5.73 Å². The summed E-state index contributed by atoms with van der Waals surface area (Å²) in [6.45, 7) is 0.389. The van der Waals surface area contributed by atoms with Gasteiger partial charge in [0.15, 0.2) is 0 Å². The topological polar surface area (TPSA) is 67.8 Å². The Kier molecular flexibility index (Phi) is 3.25. The molecule has 0 radical (unpaired) electrons. The minimum atomic E-state index is -1.00. The van der Waals surface area contributed by atoms with Crippen LogP contribution in [0, 0.1) is 5.92 Å². The van der Waals surface area contributed by atoms with Gasteiger partial charge in [0.05, 0.1) is 18.4 Å². The van der Waals surface area contributed by atoms with Crippen molar-refractivity contribution in [3.63, 3.8) is 0 Å². The van der Waals surface area contributed by atoms with E-state index in [-0.39, 0.29) is 0 Å². The number of quaternary nitrogens is 1. The van der Waals surface area contributed by atoms with Crippen LogP contribution in [-0.2, 0) is 11.2 Å². The Morgan fingerprint density at radius 2 is 2.50 bits per heavy atom. The molecule has 3 nitrogen and oxygen atoms in total. The number of aliphatic carboxylic acids is 1. The van der Waals surface area contributed by atoms with Crippen molar-refractivity contribution in [1.82, 2.24) is 0 Å². The molecule has 0 fully saturated rings. The summed E-state index contributed by atoms with van der Waals surface area (Å²) in [5.41, 5.74) is 3.57. The SMILES string of the molecule is [NH3+]C[C@@H](Cc1cccs1)C(=O)[O-]. The average Bonchev–Trinajstić information content (AvgIpc) is 2.51. The van der Waals surface area contributed by atoms with E-state index >= 15 is 0 Å². The third-order valence-corrected chi connectivity index (χ3v) is 2.61. The molecule has 0 bridgehead atoms. The molecular formula is C8H11NO2S. The zero-order chi connectivity index (χ0) is 8.97. The maximum atomic E-state index is 10.5. The van der Waals surface area contributed by atoms with Crippen LogP contribution in [0.4, 0.5) is 0 Å². The Balaban J connectivity index is 2.54. The van der Waals surface area contributed by atoms with Gasteiger partial charge in [-0.05, 0) is 17.9 Å². The zero-order valence-corrected chi connectivity index (χ0v) is 7.47. The van der Waals surface area contributed by atoms with Gasteiger partial charge in [0, 0.05) is 4.88 Å². The van der Waals surface area contributed by atoms with Gasteiger partial charge in [-0.1, -0.05) is 6.07 Å². The van der Waals surface area contributed by atoms with Crippen molar-refractivity contribution in [2.45, 2.75) is 6.42 Å². The Labute approximate surface area is 74.8 Å². The summed E-state index contributed by atoms with van der Waals surface area (Å²) in [6, 6.07) is 3.84. The third kappa shape index (κ3) is 2.32. The van der Waals surface area contributed by atoms with Crippen molar-refractivity contribution in [1.29, 1.82) is 0 Å². The lowest BCUT2D eigenvalue weighted by molar-refractivity contribution is -0.387. The van der Waals surface area contributed by atoms with Gasteiger partial charge < -0.3 is 15.6 Å². The van der Waals surface area contributed by atoms with Crippen LogP contribution in [0.25, 0.3) is 0 Å². The molecule has 0 saturated heterocycles. The summed E-state index contributed by atoms with van der Waals surface area (Å²) in [7, 11) is 0. The summed E-state index contributed by atoms with van der Waals surface area (Å²) in [5.74, 6) is -1.44. The molecule has 66 valence electrons. The van der Waals surface area contributed by atoms with Crippen molar-refractivity contribution in [2.24, 2.45) is 5.92 Å². The summed E-state index contributed by atoms with van der Waals surface area (Å²) < 4.78 is 0. The molecule has 1 atom stereocenters. The van der Waals surface area contributed by atoms with Crippen molar-refractivity contribution in [2.75, 3.05) is 6.54 Å². The highest BCUT2D eigenvalue weighted by atomic mass is 32.1. The molecule has 0 aromatic carbocycles. The Bertz CT molecular complexity index is 246. The highest BCUT2D eigenvalue weighted by Gasteiger charge is 2.10. The summed E-state index contributed by atoms with van der Waals surface area (Å²) in [5, 5.41) is 12.4. The Hall–Kier alpha value is -0.870. The first-order valence-electron chi connectivity index (χ1n) is 3.76. The molecular weight excluding hydrogens is 174 g/mol. The zero-order valence-electron chi connectivity index (χ0n) is 6.66. The standard InChI is InChI=1S/C8H11NO2S/c9-5-6(8(10)11)4-7-2-1-3-12-7/h1-3,6H,4-5,9H2,(H,10,11)/t6-/m1/s1. The van der Waals surface area contributed by atoms with Crippen molar-refractivity contribution < 1.29 is 15.6 Å². The molecule has 1 heterocycles. The second kappa shape index (κ2) is 4.23. The number of carbonyl (C=O) groups excluding carboxylic acids is 1. The Morgan fingerprint density at radius 1 is 1.75 bits per heavy atom. The number of rotatable bonds is 4. The van der Waals surface area contributed by atoms with Gasteiger partial charge in [0.1, 0.15) is 0 Å². The molecule has 4 heteroatoms. The normalized spacial score (nSPS) is 12.8. The summed E-state index contributed by atoms with van der Waals surface area (Å²) in [4.78, 5) is 11.6. The lowest BCUT2D eigenvalue weighted by atomic mass is 10.1. The van der Waals surface area contributed by atoms with Crippen LogP contribution >= 0.6 is 11.3 Å². The molecule has 0 aliphatic carbocycles. The number of carbonyl (C=O) groups is 1. The molecule has 3 N–H and O–H groups in total. The highest BCUT2D eigenvalue weighted by molar-refractivity contribution is 7.09. The smallest absolute Gasteiger partial charge is 0.0825 e. The maximum Gasteiger partial charge on any atom is 0.0825 e. The molecule has 0 saturated carbocycles. The van der Waals surface area contributed by atoms with Crippen LogP contribution < -0.4 is 10.8 Å². The molecule has 1 aromatic heterocycles. The van der Waals surface area contributed by atoms with Crippen LogP contribution in [0.2, 0.25) is 0 Å².